The highest BCUT2D eigenvalue weighted by Crippen LogP contribution is 2.37. The van der Waals surface area contributed by atoms with Crippen LogP contribution >= 0.6 is 0 Å². The SMILES string of the molecule is N#Cc1cc(C(=O)O)nc(-c2ccc(F)cc2)c1N1CCC(F)(F)CC1. The second-order valence-electron chi connectivity index (χ2n) is 6.02. The van der Waals surface area contributed by atoms with Gasteiger partial charge in [0.05, 0.1) is 16.9 Å². The van der Waals surface area contributed by atoms with Crippen LogP contribution in [0.3, 0.4) is 0 Å². The lowest BCUT2D eigenvalue weighted by molar-refractivity contribution is -0.0220. The van der Waals surface area contributed by atoms with Crippen LogP contribution in [0.25, 0.3) is 11.3 Å². The predicted molar refractivity (Wildman–Crippen MR) is 87.7 cm³/mol. The Morgan fingerprint density at radius 1 is 1.23 bits per heavy atom. The smallest absolute Gasteiger partial charge is 0.354 e. The standard InChI is InChI=1S/C18H14F3N3O2/c19-13-3-1-11(2-4-13)15-16(24-7-5-18(20,21)6-8-24)12(10-22)9-14(23-15)17(25)26/h1-4,9H,5-8H2,(H,25,26). The highest BCUT2D eigenvalue weighted by atomic mass is 19.3. The number of carboxylic acids is 1. The van der Waals surface area contributed by atoms with E-state index in [0.717, 1.165) is 6.07 Å². The van der Waals surface area contributed by atoms with Gasteiger partial charge in [0.15, 0.2) is 0 Å². The summed E-state index contributed by atoms with van der Waals surface area (Å²) in [5, 5.41) is 18.7. The molecule has 1 saturated heterocycles. The highest BCUT2D eigenvalue weighted by molar-refractivity contribution is 5.90. The minimum absolute atomic E-state index is 0.00394. The number of pyridine rings is 1. The molecule has 1 N–H and O–H groups in total. The van der Waals surface area contributed by atoms with Crippen LogP contribution in [0.1, 0.15) is 28.9 Å². The van der Waals surface area contributed by atoms with Gasteiger partial charge in [-0.1, -0.05) is 0 Å². The molecule has 0 bridgehead atoms. The molecule has 1 aliphatic rings. The zero-order valence-electron chi connectivity index (χ0n) is 13.5. The molecule has 1 aromatic carbocycles. The lowest BCUT2D eigenvalue weighted by Gasteiger charge is -2.34. The number of anilines is 1. The van der Waals surface area contributed by atoms with Gasteiger partial charge in [-0.3, -0.25) is 0 Å². The Kier molecular flexibility index (Phi) is 4.55. The van der Waals surface area contributed by atoms with Crippen molar-refractivity contribution in [2.24, 2.45) is 0 Å². The Bertz CT molecular complexity index is 882. The molecule has 0 aliphatic carbocycles. The fraction of sp³-hybridized carbons (Fsp3) is 0.278. The van der Waals surface area contributed by atoms with E-state index in [9.17, 15) is 28.3 Å². The maximum Gasteiger partial charge on any atom is 0.354 e. The van der Waals surface area contributed by atoms with E-state index in [1.54, 1.807) is 4.90 Å². The van der Waals surface area contributed by atoms with Gasteiger partial charge < -0.3 is 10.0 Å². The van der Waals surface area contributed by atoms with Crippen LogP contribution in [0.15, 0.2) is 30.3 Å². The van der Waals surface area contributed by atoms with Crippen molar-refractivity contribution in [1.29, 1.82) is 5.26 Å². The van der Waals surface area contributed by atoms with Crippen LogP contribution in [0.2, 0.25) is 0 Å². The monoisotopic (exact) mass is 361 g/mol. The van der Waals surface area contributed by atoms with E-state index in [-0.39, 0.29) is 42.9 Å². The summed E-state index contributed by atoms with van der Waals surface area (Å²) >= 11 is 0. The zero-order chi connectivity index (χ0) is 18.9. The third kappa shape index (κ3) is 3.47. The zero-order valence-corrected chi connectivity index (χ0v) is 13.5. The van der Waals surface area contributed by atoms with E-state index in [1.807, 2.05) is 6.07 Å². The number of aromatic carboxylic acids is 1. The Balaban J connectivity index is 2.16. The molecule has 134 valence electrons. The molecule has 8 heteroatoms. The Labute approximate surface area is 147 Å². The summed E-state index contributed by atoms with van der Waals surface area (Å²) < 4.78 is 40.2. The fourth-order valence-corrected chi connectivity index (χ4v) is 2.92. The summed E-state index contributed by atoms with van der Waals surface area (Å²) in [4.78, 5) is 17.0. The molecule has 1 fully saturated rings. The average molecular weight is 361 g/mol. The van der Waals surface area contributed by atoms with Gasteiger partial charge in [0.1, 0.15) is 17.6 Å². The number of hydrogen-bond donors (Lipinski definition) is 1. The third-order valence-corrected chi connectivity index (χ3v) is 4.26. The number of hydrogen-bond acceptors (Lipinski definition) is 4. The van der Waals surface area contributed by atoms with Crippen molar-refractivity contribution in [3.63, 3.8) is 0 Å². The number of nitriles is 1. The van der Waals surface area contributed by atoms with Crippen LogP contribution in [0.5, 0.6) is 0 Å². The van der Waals surface area contributed by atoms with Gasteiger partial charge in [0.2, 0.25) is 0 Å². The summed E-state index contributed by atoms with van der Waals surface area (Å²) in [5.74, 6) is -4.57. The molecule has 2 heterocycles. The molecule has 26 heavy (non-hydrogen) atoms. The molecule has 0 saturated carbocycles. The molecule has 0 spiro atoms. The van der Waals surface area contributed by atoms with E-state index >= 15 is 0 Å². The van der Waals surface area contributed by atoms with E-state index in [0.29, 0.717) is 11.3 Å². The van der Waals surface area contributed by atoms with Crippen molar-refractivity contribution in [3.05, 3.63) is 47.4 Å². The largest absolute Gasteiger partial charge is 0.477 e. The van der Waals surface area contributed by atoms with Crippen LogP contribution in [-0.2, 0) is 0 Å². The molecule has 1 aromatic heterocycles. The van der Waals surface area contributed by atoms with E-state index in [1.165, 1.54) is 24.3 Å². The first-order chi connectivity index (χ1) is 12.3. The second kappa shape index (κ2) is 6.67. The number of carbonyl (C=O) groups is 1. The molecule has 0 radical (unpaired) electrons. The van der Waals surface area contributed by atoms with Crippen LogP contribution in [-0.4, -0.2) is 35.1 Å². The Morgan fingerprint density at radius 3 is 2.38 bits per heavy atom. The molecule has 3 rings (SSSR count). The molecule has 0 atom stereocenters. The van der Waals surface area contributed by atoms with Crippen molar-refractivity contribution in [2.45, 2.75) is 18.8 Å². The first-order valence-electron chi connectivity index (χ1n) is 7.88. The lowest BCUT2D eigenvalue weighted by atomic mass is 10.0. The first kappa shape index (κ1) is 17.7. The molecule has 2 aromatic rings. The summed E-state index contributed by atoms with van der Waals surface area (Å²) in [6.45, 7) is 0.00788. The highest BCUT2D eigenvalue weighted by Gasteiger charge is 2.35. The number of rotatable bonds is 3. The minimum atomic E-state index is -2.77. The summed E-state index contributed by atoms with van der Waals surface area (Å²) in [6.07, 6.45) is -0.747. The summed E-state index contributed by atoms with van der Waals surface area (Å²) in [7, 11) is 0. The maximum atomic E-state index is 13.5. The first-order valence-corrected chi connectivity index (χ1v) is 7.88. The van der Waals surface area contributed by atoms with Gasteiger partial charge in [0.25, 0.3) is 5.92 Å². The molecule has 0 amide bonds. The average Bonchev–Trinajstić information content (AvgIpc) is 2.61. The van der Waals surface area contributed by atoms with E-state index < -0.39 is 17.7 Å². The van der Waals surface area contributed by atoms with E-state index in [2.05, 4.69) is 4.98 Å². The third-order valence-electron chi connectivity index (χ3n) is 4.26. The van der Waals surface area contributed by atoms with Crippen molar-refractivity contribution in [3.8, 4) is 17.3 Å². The normalized spacial score (nSPS) is 16.2. The van der Waals surface area contributed by atoms with E-state index in [4.69, 9.17) is 0 Å². The predicted octanol–water partition coefficient (Wildman–Crippen LogP) is 3.69. The molecule has 1 aliphatic heterocycles. The van der Waals surface area contributed by atoms with Gasteiger partial charge >= 0.3 is 5.97 Å². The number of halogens is 3. The van der Waals surface area contributed by atoms with Gasteiger partial charge in [0, 0.05) is 31.5 Å². The number of piperidine rings is 1. The van der Waals surface area contributed by atoms with Crippen molar-refractivity contribution >= 4 is 11.7 Å². The van der Waals surface area contributed by atoms with Crippen LogP contribution in [0.4, 0.5) is 18.9 Å². The van der Waals surface area contributed by atoms with Crippen LogP contribution in [0, 0.1) is 17.1 Å². The minimum Gasteiger partial charge on any atom is -0.477 e. The van der Waals surface area contributed by atoms with Crippen molar-refractivity contribution in [1.82, 2.24) is 4.98 Å². The van der Waals surface area contributed by atoms with Crippen molar-refractivity contribution in [2.75, 3.05) is 18.0 Å². The number of carboxylic acid groups (broad SMARTS) is 1. The second-order valence-corrected chi connectivity index (χ2v) is 6.02. The lowest BCUT2D eigenvalue weighted by Crippen LogP contribution is -2.40. The Hall–Kier alpha value is -3.08. The number of benzene rings is 1. The maximum absolute atomic E-state index is 13.5. The summed E-state index contributed by atoms with van der Waals surface area (Å²) in [5.41, 5.74) is 0.540. The van der Waals surface area contributed by atoms with Gasteiger partial charge in [-0.2, -0.15) is 5.26 Å². The van der Waals surface area contributed by atoms with Gasteiger partial charge in [-0.05, 0) is 30.3 Å². The van der Waals surface area contributed by atoms with Crippen LogP contribution < -0.4 is 4.90 Å². The number of nitrogens with zero attached hydrogens (tertiary/aromatic N) is 3. The van der Waals surface area contributed by atoms with Gasteiger partial charge in [-0.15, -0.1) is 0 Å². The Morgan fingerprint density at radius 2 is 1.85 bits per heavy atom. The quantitative estimate of drug-likeness (QED) is 0.902. The number of alkyl halides is 2. The van der Waals surface area contributed by atoms with Crippen molar-refractivity contribution < 1.29 is 23.1 Å². The molecule has 5 nitrogen and oxygen atoms in total. The number of aromatic nitrogens is 1. The fourth-order valence-electron chi connectivity index (χ4n) is 2.92. The molecule has 0 unspecified atom stereocenters. The summed E-state index contributed by atoms with van der Waals surface area (Å²) in [6, 6.07) is 8.24. The molecular weight excluding hydrogens is 347 g/mol. The van der Waals surface area contributed by atoms with Gasteiger partial charge in [-0.25, -0.2) is 22.9 Å². The molecular formula is C18H14F3N3O2. The topological polar surface area (TPSA) is 77.2 Å².